The highest BCUT2D eigenvalue weighted by Crippen LogP contribution is 2.30. The van der Waals surface area contributed by atoms with E-state index >= 15 is 0 Å². The van der Waals surface area contributed by atoms with E-state index in [1.54, 1.807) is 18.9 Å². The van der Waals surface area contributed by atoms with Crippen LogP contribution in [0, 0.1) is 0 Å². The highest BCUT2D eigenvalue weighted by Gasteiger charge is 2.31. The summed E-state index contributed by atoms with van der Waals surface area (Å²) >= 11 is 1.59. The number of carbonyl (C=O) groups is 1. The molecule has 1 heterocycles. The summed E-state index contributed by atoms with van der Waals surface area (Å²) in [6.45, 7) is 0.842. The van der Waals surface area contributed by atoms with Gasteiger partial charge >= 0.3 is 0 Å². The molecule has 1 atom stereocenters. The van der Waals surface area contributed by atoms with Gasteiger partial charge in [0.1, 0.15) is 5.75 Å². The van der Waals surface area contributed by atoms with E-state index in [0.29, 0.717) is 0 Å². The molecule has 1 saturated heterocycles. The molecule has 1 aliphatic rings. The number of carbonyl (C=O) groups excluding carboxylic acids is 1. The minimum Gasteiger partial charge on any atom is -0.497 e. The maximum absolute atomic E-state index is 11.6. The zero-order valence-corrected chi connectivity index (χ0v) is 10.4. The molecule has 2 rings (SSSR count). The number of nitrogens with two attached hydrogens (primary N) is 1. The Morgan fingerprint density at radius 3 is 2.82 bits per heavy atom. The van der Waals surface area contributed by atoms with Crippen LogP contribution >= 0.6 is 11.8 Å². The Hall–Kier alpha value is -1.40. The van der Waals surface area contributed by atoms with E-state index < -0.39 is 0 Å². The van der Waals surface area contributed by atoms with Gasteiger partial charge in [0.05, 0.1) is 7.11 Å². The first-order valence-electron chi connectivity index (χ1n) is 5.29. The number of amides is 1. The predicted octanol–water partition coefficient (Wildman–Crippen LogP) is 0.564. The average Bonchev–Trinajstić information content (AvgIpc) is 2.87. The van der Waals surface area contributed by atoms with E-state index in [2.05, 4.69) is 5.43 Å². The Morgan fingerprint density at radius 1 is 1.53 bits per heavy atom. The average molecular weight is 253 g/mol. The summed E-state index contributed by atoms with van der Waals surface area (Å²) in [7, 11) is 1.63. The number of nitrogens with one attached hydrogen (secondary N) is 1. The van der Waals surface area contributed by atoms with Crippen LogP contribution in [-0.4, -0.2) is 30.7 Å². The van der Waals surface area contributed by atoms with Gasteiger partial charge in [-0.2, -0.15) is 0 Å². The van der Waals surface area contributed by atoms with E-state index in [0.717, 1.165) is 23.7 Å². The number of hydrogen-bond acceptors (Lipinski definition) is 5. The standard InChI is InChI=1S/C11H15N3O2S/c1-16-9-4-2-8(3-5-9)14-6-7-17-11(14)10(15)13-12/h2-5,11H,6-7,12H2,1H3,(H,13,15)/t11-/m1/s1. The number of benzene rings is 1. The smallest absolute Gasteiger partial charge is 0.267 e. The van der Waals surface area contributed by atoms with Gasteiger partial charge in [0, 0.05) is 18.0 Å². The summed E-state index contributed by atoms with van der Waals surface area (Å²) in [5.74, 6) is 6.74. The fraction of sp³-hybridized carbons (Fsp3) is 0.364. The van der Waals surface area contributed by atoms with Gasteiger partial charge in [0.15, 0.2) is 5.37 Å². The van der Waals surface area contributed by atoms with Crippen LogP contribution in [0.15, 0.2) is 24.3 Å². The predicted molar refractivity (Wildman–Crippen MR) is 68.9 cm³/mol. The second kappa shape index (κ2) is 5.29. The fourth-order valence-corrected chi connectivity index (χ4v) is 2.95. The topological polar surface area (TPSA) is 67.6 Å². The monoisotopic (exact) mass is 253 g/mol. The summed E-state index contributed by atoms with van der Waals surface area (Å²) in [5.41, 5.74) is 3.21. The number of methoxy groups -OCH3 is 1. The second-order valence-corrected chi connectivity index (χ2v) is 4.81. The molecule has 0 spiro atoms. The maximum Gasteiger partial charge on any atom is 0.267 e. The van der Waals surface area contributed by atoms with Crippen LogP contribution in [0.4, 0.5) is 5.69 Å². The molecule has 0 radical (unpaired) electrons. The van der Waals surface area contributed by atoms with Gasteiger partial charge in [-0.3, -0.25) is 10.2 Å². The van der Waals surface area contributed by atoms with Gasteiger partial charge in [0.25, 0.3) is 5.91 Å². The fourth-order valence-electron chi connectivity index (χ4n) is 1.80. The Kier molecular flexibility index (Phi) is 3.75. The van der Waals surface area contributed by atoms with Crippen molar-refractivity contribution < 1.29 is 9.53 Å². The molecule has 1 aromatic carbocycles. The van der Waals surface area contributed by atoms with Crippen molar-refractivity contribution >= 4 is 23.4 Å². The Labute approximate surface area is 104 Å². The first kappa shape index (κ1) is 12.1. The van der Waals surface area contributed by atoms with Gasteiger partial charge in [-0.15, -0.1) is 11.8 Å². The van der Waals surface area contributed by atoms with Gasteiger partial charge < -0.3 is 9.64 Å². The molecule has 0 bridgehead atoms. The Bertz CT molecular complexity index is 396. The highest BCUT2D eigenvalue weighted by molar-refractivity contribution is 8.01. The highest BCUT2D eigenvalue weighted by atomic mass is 32.2. The van der Waals surface area contributed by atoms with Crippen molar-refractivity contribution in [2.75, 3.05) is 24.3 Å². The lowest BCUT2D eigenvalue weighted by molar-refractivity contribution is -0.120. The van der Waals surface area contributed by atoms with Gasteiger partial charge in [0.2, 0.25) is 0 Å². The van der Waals surface area contributed by atoms with Crippen LogP contribution in [0.25, 0.3) is 0 Å². The molecule has 17 heavy (non-hydrogen) atoms. The van der Waals surface area contributed by atoms with E-state index in [1.807, 2.05) is 29.2 Å². The normalized spacial score (nSPS) is 19.2. The number of rotatable bonds is 3. The molecule has 6 heteroatoms. The van der Waals surface area contributed by atoms with Crippen molar-refractivity contribution in [3.8, 4) is 5.75 Å². The van der Waals surface area contributed by atoms with Crippen LogP contribution in [0.1, 0.15) is 0 Å². The molecule has 1 aliphatic heterocycles. The van der Waals surface area contributed by atoms with E-state index in [1.165, 1.54) is 0 Å². The van der Waals surface area contributed by atoms with Crippen LogP contribution in [-0.2, 0) is 4.79 Å². The second-order valence-electron chi connectivity index (χ2n) is 3.62. The summed E-state index contributed by atoms with van der Waals surface area (Å²) < 4.78 is 5.10. The van der Waals surface area contributed by atoms with Crippen LogP contribution < -0.4 is 20.9 Å². The third kappa shape index (κ3) is 2.48. The van der Waals surface area contributed by atoms with Crippen molar-refractivity contribution in [1.29, 1.82) is 0 Å². The molecular formula is C11H15N3O2S. The summed E-state index contributed by atoms with van der Waals surface area (Å²) in [4.78, 5) is 13.6. The molecule has 1 fully saturated rings. The first-order chi connectivity index (χ1) is 8.26. The maximum atomic E-state index is 11.6. The molecule has 92 valence electrons. The number of thioether (sulfide) groups is 1. The minimum absolute atomic E-state index is 0.164. The number of ether oxygens (including phenoxy) is 1. The lowest BCUT2D eigenvalue weighted by atomic mass is 10.2. The molecule has 0 aliphatic carbocycles. The van der Waals surface area contributed by atoms with E-state index in [9.17, 15) is 4.79 Å². The third-order valence-electron chi connectivity index (χ3n) is 2.66. The lowest BCUT2D eigenvalue weighted by Gasteiger charge is -2.24. The lowest BCUT2D eigenvalue weighted by Crippen LogP contribution is -2.44. The quantitative estimate of drug-likeness (QED) is 0.468. The first-order valence-corrected chi connectivity index (χ1v) is 6.34. The molecule has 3 N–H and O–H groups in total. The minimum atomic E-state index is -0.242. The van der Waals surface area contributed by atoms with E-state index in [4.69, 9.17) is 10.6 Å². The molecule has 1 aromatic rings. The largest absolute Gasteiger partial charge is 0.497 e. The zero-order valence-electron chi connectivity index (χ0n) is 9.55. The molecular weight excluding hydrogens is 238 g/mol. The van der Waals surface area contributed by atoms with Crippen molar-refractivity contribution in [3.63, 3.8) is 0 Å². The molecule has 0 aromatic heterocycles. The molecule has 5 nitrogen and oxygen atoms in total. The van der Waals surface area contributed by atoms with Crippen LogP contribution in [0.5, 0.6) is 5.75 Å². The Balaban J connectivity index is 2.17. The molecule has 0 saturated carbocycles. The van der Waals surface area contributed by atoms with Crippen molar-refractivity contribution in [2.24, 2.45) is 5.84 Å². The van der Waals surface area contributed by atoms with Crippen molar-refractivity contribution in [1.82, 2.24) is 5.43 Å². The Morgan fingerprint density at radius 2 is 2.24 bits per heavy atom. The van der Waals surface area contributed by atoms with Gasteiger partial charge in [-0.1, -0.05) is 0 Å². The number of anilines is 1. The van der Waals surface area contributed by atoms with Crippen LogP contribution in [0.3, 0.4) is 0 Å². The van der Waals surface area contributed by atoms with E-state index in [-0.39, 0.29) is 11.3 Å². The summed E-state index contributed by atoms with van der Waals surface area (Å²) in [5, 5.41) is -0.242. The van der Waals surface area contributed by atoms with Crippen LogP contribution in [0.2, 0.25) is 0 Å². The van der Waals surface area contributed by atoms with Crippen molar-refractivity contribution in [2.45, 2.75) is 5.37 Å². The number of hydrogen-bond donors (Lipinski definition) is 2. The number of hydrazine groups is 1. The SMILES string of the molecule is COc1ccc(N2CCS[C@@H]2C(=O)NN)cc1. The molecule has 0 unspecified atom stereocenters. The summed E-state index contributed by atoms with van der Waals surface area (Å²) in [6.07, 6.45) is 0. The third-order valence-corrected chi connectivity index (χ3v) is 3.86. The van der Waals surface area contributed by atoms with Gasteiger partial charge in [-0.05, 0) is 24.3 Å². The van der Waals surface area contributed by atoms with Gasteiger partial charge in [-0.25, -0.2) is 5.84 Å². The molecule has 1 amide bonds. The van der Waals surface area contributed by atoms with Crippen molar-refractivity contribution in [3.05, 3.63) is 24.3 Å². The zero-order chi connectivity index (χ0) is 12.3. The summed E-state index contributed by atoms with van der Waals surface area (Å²) in [6, 6.07) is 7.66. The number of nitrogens with zero attached hydrogens (tertiary/aromatic N) is 1.